The lowest BCUT2D eigenvalue weighted by atomic mass is 9.43. The van der Waals surface area contributed by atoms with Crippen LogP contribution in [0, 0.1) is 17.3 Å². The zero-order valence-electron chi connectivity index (χ0n) is 31.6. The van der Waals surface area contributed by atoms with Gasteiger partial charge in [0.05, 0.1) is 36.0 Å². The van der Waals surface area contributed by atoms with Gasteiger partial charge in [-0.1, -0.05) is 61.4 Å². The molecule has 1 N–H and O–H groups in total. The van der Waals surface area contributed by atoms with Crippen molar-refractivity contribution in [1.82, 2.24) is 14.9 Å². The fourth-order valence-electron chi connectivity index (χ4n) is 9.14. The van der Waals surface area contributed by atoms with E-state index in [-0.39, 0.29) is 41.9 Å². The fraction of sp³-hybridized carbons (Fsp3) is 0.526. The highest BCUT2D eigenvalue weighted by Gasteiger charge is 2.68. The number of amides is 2. The van der Waals surface area contributed by atoms with Crippen molar-refractivity contribution in [3.05, 3.63) is 104 Å². The van der Waals surface area contributed by atoms with Gasteiger partial charge in [0.25, 0.3) is 5.56 Å². The predicted octanol–water partition coefficient (Wildman–Crippen LogP) is 7.48. The summed E-state index contributed by atoms with van der Waals surface area (Å²) in [6, 6.07) is 11.2. The van der Waals surface area contributed by atoms with E-state index in [1.165, 1.54) is 13.0 Å². The molecule has 7 atom stereocenters. The minimum absolute atomic E-state index is 0.0128. The number of anilines is 1. The summed E-state index contributed by atoms with van der Waals surface area (Å²) in [5, 5.41) is 6.45. The van der Waals surface area contributed by atoms with Crippen molar-refractivity contribution in [2.45, 2.75) is 108 Å². The van der Waals surface area contributed by atoms with Crippen molar-refractivity contribution in [1.29, 1.82) is 0 Å². The summed E-state index contributed by atoms with van der Waals surface area (Å²) < 4.78 is 88.3. The molecule has 0 radical (unpaired) electrons. The van der Waals surface area contributed by atoms with E-state index in [0.29, 0.717) is 17.9 Å². The van der Waals surface area contributed by atoms with Crippen LogP contribution in [0.2, 0.25) is 0 Å². The first-order valence-corrected chi connectivity index (χ1v) is 18.6. The molecule has 19 heteroatoms. The molecule has 1 aromatic heterocycles. The Morgan fingerprint density at radius 2 is 1.84 bits per heavy atom. The normalized spacial score (nSPS) is 27.4. The zero-order chi connectivity index (χ0) is 41.1. The molecule has 8 rings (SSSR count). The van der Waals surface area contributed by atoms with E-state index in [1.54, 1.807) is 30.3 Å². The van der Waals surface area contributed by atoms with E-state index >= 15 is 0 Å². The predicted molar refractivity (Wildman–Crippen MR) is 196 cm³/mol. The molecule has 2 aliphatic heterocycles. The van der Waals surface area contributed by atoms with Crippen LogP contribution in [0.3, 0.4) is 0 Å². The Balaban J connectivity index is 1.23. The molecular weight excluding hydrogens is 756 g/mol. The highest BCUT2D eigenvalue weighted by Crippen LogP contribution is 2.65. The number of nitrogens with zero attached hydrogens (tertiary/aromatic N) is 6. The maximum absolute atomic E-state index is 14.5. The van der Waals surface area contributed by atoms with Crippen LogP contribution in [0.15, 0.2) is 70.7 Å². The van der Waals surface area contributed by atoms with Crippen LogP contribution in [0.4, 0.5) is 32.4 Å². The van der Waals surface area contributed by atoms with Crippen LogP contribution in [0.5, 0.6) is 0 Å². The van der Waals surface area contributed by atoms with Crippen molar-refractivity contribution in [2.75, 3.05) is 4.90 Å². The van der Waals surface area contributed by atoms with E-state index in [0.717, 1.165) is 40.3 Å². The first-order valence-electron chi connectivity index (χ1n) is 18.6. The third kappa shape index (κ3) is 7.36. The molecule has 4 fully saturated rings. The number of ether oxygens (including phenoxy) is 1. The second-order valence-electron chi connectivity index (χ2n) is 16.2. The minimum Gasteiger partial charge on any atom is -0.444 e. The van der Waals surface area contributed by atoms with Crippen LogP contribution in [-0.2, 0) is 43.7 Å². The Hall–Kier alpha value is -5.00. The largest absolute Gasteiger partial charge is 0.481 e. The van der Waals surface area contributed by atoms with Gasteiger partial charge in [0.1, 0.15) is 29.7 Å². The smallest absolute Gasteiger partial charge is 0.444 e. The van der Waals surface area contributed by atoms with Gasteiger partial charge in [-0.15, -0.1) is 0 Å². The van der Waals surface area contributed by atoms with E-state index in [2.05, 4.69) is 34.2 Å². The maximum atomic E-state index is 14.5. The summed E-state index contributed by atoms with van der Waals surface area (Å²) in [7, 11) is -1.24. The Labute approximate surface area is 324 Å². The monoisotopic (exact) mass is 797 g/mol. The number of carbonyl (C=O) groups excluding carboxylic acids is 2. The molecule has 0 spiro atoms. The topological polar surface area (TPSA) is 161 Å². The van der Waals surface area contributed by atoms with Crippen LogP contribution < -0.4 is 15.8 Å². The number of rotatable bonds is 11. The van der Waals surface area contributed by atoms with Gasteiger partial charge < -0.3 is 19.4 Å². The molecule has 3 heterocycles. The van der Waals surface area contributed by atoms with Gasteiger partial charge in [-0.2, -0.15) is 13.2 Å². The van der Waals surface area contributed by atoms with Gasteiger partial charge in [0.15, 0.2) is 0 Å². The number of benzene rings is 2. The average Bonchev–Trinajstić information content (AvgIpc) is 3.67. The molecule has 3 saturated carbocycles. The van der Waals surface area contributed by atoms with E-state index in [9.17, 15) is 41.9 Å². The molecular formula is C38H41BF5N7O6. The molecule has 1 saturated heterocycles. The van der Waals surface area contributed by atoms with Gasteiger partial charge in [-0.3, -0.25) is 19.1 Å². The highest BCUT2D eigenvalue weighted by atomic mass is 19.4. The zero-order valence-corrected chi connectivity index (χ0v) is 31.6. The second kappa shape index (κ2) is 14.7. The Morgan fingerprint density at radius 3 is 2.51 bits per heavy atom. The number of fused-ring (bicyclic) bond motifs is 1. The minimum atomic E-state index is -4.71. The molecule has 1 unspecified atom stereocenters. The van der Waals surface area contributed by atoms with Gasteiger partial charge in [0.2, 0.25) is 12.3 Å². The highest BCUT2D eigenvalue weighted by molar-refractivity contribution is 6.48. The number of alkyl halides is 5. The van der Waals surface area contributed by atoms with Crippen LogP contribution in [-0.4, -0.2) is 52.7 Å². The van der Waals surface area contributed by atoms with E-state index in [1.807, 2.05) is 6.92 Å². The number of azide groups is 1. The molecule has 5 aliphatic rings. The van der Waals surface area contributed by atoms with Crippen molar-refractivity contribution in [3.8, 4) is 0 Å². The third-order valence-corrected chi connectivity index (χ3v) is 12.3. The number of hydrogen-bond acceptors (Lipinski definition) is 8. The van der Waals surface area contributed by atoms with Crippen LogP contribution >= 0.6 is 0 Å². The molecule has 57 heavy (non-hydrogen) atoms. The molecule has 2 bridgehead atoms. The summed E-state index contributed by atoms with van der Waals surface area (Å²) in [6.07, 6.45) is -7.68. The van der Waals surface area contributed by atoms with Crippen molar-refractivity contribution in [2.24, 2.45) is 22.4 Å². The SMILES string of the molecule is CC1(C)[C@@H]2C[C@H]3OB(C(CC(F)F)NC(=O)[C@@H]4C[C@@](C)(N=[N+]=[N-])c5ncc(N(Cc6cccc(C(F)(F)F)c6)C(=O)OCc6ccccc6)c(=O)n54)O[C@@]3(C)[C@H]1C2. The van der Waals surface area contributed by atoms with Gasteiger partial charge >= 0.3 is 19.4 Å². The fourth-order valence-corrected chi connectivity index (χ4v) is 9.14. The van der Waals surface area contributed by atoms with E-state index < -0.39 is 84.6 Å². The summed E-state index contributed by atoms with van der Waals surface area (Å²) in [4.78, 5) is 50.6. The molecule has 302 valence electrons. The lowest BCUT2D eigenvalue weighted by Crippen LogP contribution is -2.65. The summed E-state index contributed by atoms with van der Waals surface area (Å²) in [6.45, 7) is 6.79. The van der Waals surface area contributed by atoms with Gasteiger partial charge in [0, 0.05) is 11.3 Å². The van der Waals surface area contributed by atoms with Crippen LogP contribution in [0.25, 0.3) is 10.4 Å². The number of hydrogen-bond donors (Lipinski definition) is 1. The number of nitrogens with one attached hydrogen (secondary N) is 1. The summed E-state index contributed by atoms with van der Waals surface area (Å²) >= 11 is 0. The van der Waals surface area contributed by atoms with Gasteiger partial charge in [-0.25, -0.2) is 18.6 Å². The Bertz CT molecular complexity index is 2150. The van der Waals surface area contributed by atoms with E-state index in [4.69, 9.17) is 14.0 Å². The molecule has 3 aromatic rings. The maximum Gasteiger partial charge on any atom is 0.481 e. The van der Waals surface area contributed by atoms with Gasteiger partial charge in [-0.05, 0) is 79.2 Å². The van der Waals surface area contributed by atoms with Crippen molar-refractivity contribution >= 4 is 24.8 Å². The third-order valence-electron chi connectivity index (χ3n) is 12.3. The number of halogens is 5. The summed E-state index contributed by atoms with van der Waals surface area (Å²) in [5.74, 6) is -1.95. The second-order valence-corrected chi connectivity index (χ2v) is 16.2. The lowest BCUT2D eigenvalue weighted by Gasteiger charge is -2.64. The Kier molecular flexibility index (Phi) is 10.4. The Morgan fingerprint density at radius 1 is 1.12 bits per heavy atom. The average molecular weight is 798 g/mol. The first-order chi connectivity index (χ1) is 26.9. The summed E-state index contributed by atoms with van der Waals surface area (Å²) in [5.41, 5.74) is 5.17. The first kappa shape index (κ1) is 40.2. The molecule has 13 nitrogen and oxygen atoms in total. The lowest BCUT2D eigenvalue weighted by molar-refractivity contribution is -0.199. The quantitative estimate of drug-likeness (QED) is 0.0692. The molecule has 2 aromatic carbocycles. The van der Waals surface area contributed by atoms with Crippen molar-refractivity contribution in [3.63, 3.8) is 0 Å². The number of carbonyl (C=O) groups is 2. The molecule has 3 aliphatic carbocycles. The standard InChI is InChI=1S/C38H41BF5N7O6/c1-35(2)24-14-27(35)37(4)28(15-24)56-39(57-37)29(16-30(40)41)47-31(52)25-17-36(3,48-49-45)33-46-18-26(32(53)51(25)33)50(34(54)55-20-21-9-6-5-7-10-21)19-22-11-8-12-23(13-22)38(42,43)44/h5-13,18,24-25,27-30H,14-17,19-20H2,1-4H3,(H,47,52)/t24-,25-,27-,28+,29?,36+,37-/m0/s1. The van der Waals surface area contributed by atoms with Crippen molar-refractivity contribution < 1.29 is 45.6 Å². The van der Waals surface area contributed by atoms with Crippen LogP contribution in [0.1, 0.15) is 81.9 Å². The number of aromatic nitrogens is 2. The molecule has 2 amide bonds.